The summed E-state index contributed by atoms with van der Waals surface area (Å²) in [6, 6.07) is -0.298. The molecule has 0 spiro atoms. The van der Waals surface area contributed by atoms with Gasteiger partial charge in [-0.1, -0.05) is 13.3 Å². The molecule has 1 aliphatic carbocycles. The molecular formula is C12H19N3O2S. The summed E-state index contributed by atoms with van der Waals surface area (Å²) >= 11 is 1.43. The fourth-order valence-corrected chi connectivity index (χ4v) is 2.62. The molecule has 0 atom stereocenters. The van der Waals surface area contributed by atoms with E-state index in [2.05, 4.69) is 22.5 Å². The van der Waals surface area contributed by atoms with Crippen LogP contribution >= 0.6 is 11.3 Å². The first-order valence-corrected chi connectivity index (χ1v) is 7.21. The van der Waals surface area contributed by atoms with Gasteiger partial charge in [0.25, 0.3) is 0 Å². The predicted molar refractivity (Wildman–Crippen MR) is 71.9 cm³/mol. The van der Waals surface area contributed by atoms with Crippen LogP contribution in [0.25, 0.3) is 0 Å². The number of nitrogens with zero attached hydrogens (tertiary/aromatic N) is 1. The molecule has 1 heterocycles. The third-order valence-electron chi connectivity index (χ3n) is 3.14. The van der Waals surface area contributed by atoms with E-state index < -0.39 is 5.60 Å². The largest absolute Gasteiger partial charge is 0.388 e. The van der Waals surface area contributed by atoms with Gasteiger partial charge in [-0.05, 0) is 25.7 Å². The molecule has 1 aliphatic rings. The zero-order chi connectivity index (χ0) is 13.0. The van der Waals surface area contributed by atoms with Gasteiger partial charge >= 0.3 is 6.03 Å². The average Bonchev–Trinajstić information content (AvgIpc) is 2.72. The normalized spacial score (nSPS) is 17.0. The number of amides is 2. The van der Waals surface area contributed by atoms with Crippen molar-refractivity contribution in [1.29, 1.82) is 0 Å². The van der Waals surface area contributed by atoms with Gasteiger partial charge in [-0.2, -0.15) is 0 Å². The summed E-state index contributed by atoms with van der Waals surface area (Å²) in [5.74, 6) is 0. The van der Waals surface area contributed by atoms with Crippen LogP contribution in [0.3, 0.4) is 0 Å². The average molecular weight is 269 g/mol. The highest BCUT2D eigenvalue weighted by molar-refractivity contribution is 7.13. The van der Waals surface area contributed by atoms with Crippen molar-refractivity contribution in [2.75, 3.05) is 11.9 Å². The Bertz CT molecular complexity index is 415. The van der Waals surface area contributed by atoms with Gasteiger partial charge in [0.1, 0.15) is 0 Å². The molecule has 1 fully saturated rings. The van der Waals surface area contributed by atoms with Crippen molar-refractivity contribution in [1.82, 2.24) is 10.3 Å². The number of aromatic nitrogens is 1. The fraction of sp³-hybridized carbons (Fsp3) is 0.667. The Morgan fingerprint density at radius 3 is 3.00 bits per heavy atom. The van der Waals surface area contributed by atoms with Crippen molar-refractivity contribution in [3.63, 3.8) is 0 Å². The molecule has 0 radical (unpaired) electrons. The fourth-order valence-electron chi connectivity index (χ4n) is 1.88. The third kappa shape index (κ3) is 3.43. The lowest BCUT2D eigenvalue weighted by atomic mass is 9.80. The summed E-state index contributed by atoms with van der Waals surface area (Å²) in [5.41, 5.74) is 0.323. The molecule has 0 aliphatic heterocycles. The lowest BCUT2D eigenvalue weighted by Gasteiger charge is -2.36. The second-order valence-corrected chi connectivity index (χ2v) is 5.64. The lowest BCUT2D eigenvalue weighted by Crippen LogP contribution is -2.48. The minimum absolute atomic E-state index is 0.298. The van der Waals surface area contributed by atoms with Gasteiger partial charge < -0.3 is 10.4 Å². The Balaban J connectivity index is 1.75. The number of aryl methyl sites for hydroxylation is 1. The minimum Gasteiger partial charge on any atom is -0.388 e. The van der Waals surface area contributed by atoms with E-state index in [1.165, 1.54) is 11.3 Å². The van der Waals surface area contributed by atoms with E-state index in [0.29, 0.717) is 11.7 Å². The molecule has 1 aromatic rings. The molecule has 6 heteroatoms. The van der Waals surface area contributed by atoms with E-state index in [-0.39, 0.29) is 6.03 Å². The van der Waals surface area contributed by atoms with Gasteiger partial charge in [-0.3, -0.25) is 5.32 Å². The van der Waals surface area contributed by atoms with Crippen molar-refractivity contribution in [2.45, 2.75) is 44.6 Å². The summed E-state index contributed by atoms with van der Waals surface area (Å²) in [6.45, 7) is 2.41. The molecule has 2 rings (SSSR count). The lowest BCUT2D eigenvalue weighted by molar-refractivity contribution is -0.0287. The molecule has 0 unspecified atom stereocenters. The van der Waals surface area contributed by atoms with Gasteiger partial charge in [0, 0.05) is 11.9 Å². The molecule has 2 amide bonds. The van der Waals surface area contributed by atoms with Crippen molar-refractivity contribution in [3.8, 4) is 0 Å². The summed E-state index contributed by atoms with van der Waals surface area (Å²) < 4.78 is 0. The maximum Gasteiger partial charge on any atom is 0.321 e. The van der Waals surface area contributed by atoms with E-state index >= 15 is 0 Å². The van der Waals surface area contributed by atoms with Crippen LogP contribution in [-0.4, -0.2) is 28.3 Å². The first kappa shape index (κ1) is 13.3. The topological polar surface area (TPSA) is 74.2 Å². The Kier molecular flexibility index (Phi) is 4.19. The summed E-state index contributed by atoms with van der Waals surface area (Å²) in [4.78, 5) is 15.9. The van der Waals surface area contributed by atoms with Crippen LogP contribution in [0.15, 0.2) is 5.38 Å². The molecule has 1 saturated carbocycles. The monoisotopic (exact) mass is 269 g/mol. The van der Waals surface area contributed by atoms with Crippen molar-refractivity contribution >= 4 is 22.5 Å². The van der Waals surface area contributed by atoms with Crippen molar-refractivity contribution in [3.05, 3.63) is 11.1 Å². The quantitative estimate of drug-likeness (QED) is 0.766. The Morgan fingerprint density at radius 1 is 1.61 bits per heavy atom. The number of hydrogen-bond donors (Lipinski definition) is 3. The molecule has 0 saturated heterocycles. The van der Waals surface area contributed by atoms with Gasteiger partial charge in [0.05, 0.1) is 11.3 Å². The van der Waals surface area contributed by atoms with Gasteiger partial charge in [-0.25, -0.2) is 9.78 Å². The number of thiazole rings is 1. The van der Waals surface area contributed by atoms with E-state index in [1.54, 1.807) is 0 Å². The van der Waals surface area contributed by atoms with Gasteiger partial charge in [0.15, 0.2) is 5.13 Å². The van der Waals surface area contributed by atoms with E-state index in [1.807, 2.05) is 5.38 Å². The number of rotatable bonds is 5. The number of anilines is 1. The highest BCUT2D eigenvalue weighted by Gasteiger charge is 2.34. The van der Waals surface area contributed by atoms with Crippen LogP contribution in [0.2, 0.25) is 0 Å². The summed E-state index contributed by atoms with van der Waals surface area (Å²) in [6.07, 6.45) is 4.55. The first-order valence-electron chi connectivity index (χ1n) is 6.33. The predicted octanol–water partition coefficient (Wildman–Crippen LogP) is 2.13. The Morgan fingerprint density at radius 2 is 2.39 bits per heavy atom. The number of aliphatic hydroxyl groups is 1. The number of hydrogen-bond acceptors (Lipinski definition) is 4. The Hall–Kier alpha value is -1.14. The second-order valence-electron chi connectivity index (χ2n) is 4.78. The number of urea groups is 1. The number of nitrogens with one attached hydrogen (secondary N) is 2. The highest BCUT2D eigenvalue weighted by atomic mass is 32.1. The van der Waals surface area contributed by atoms with Crippen LogP contribution in [0.4, 0.5) is 9.93 Å². The molecule has 5 nitrogen and oxygen atoms in total. The smallest absolute Gasteiger partial charge is 0.321 e. The van der Waals surface area contributed by atoms with Gasteiger partial charge in [-0.15, -0.1) is 11.3 Å². The van der Waals surface area contributed by atoms with Gasteiger partial charge in [0.2, 0.25) is 0 Å². The molecule has 18 heavy (non-hydrogen) atoms. The maximum atomic E-state index is 11.6. The third-order valence-corrected chi connectivity index (χ3v) is 3.95. The molecule has 3 N–H and O–H groups in total. The molecule has 0 bridgehead atoms. The van der Waals surface area contributed by atoms with Crippen LogP contribution in [-0.2, 0) is 6.42 Å². The van der Waals surface area contributed by atoms with Crippen molar-refractivity contribution in [2.24, 2.45) is 0 Å². The standard InChI is InChI=1S/C12H19N3O2S/c1-2-4-9-7-18-11(14-9)15-10(16)13-8-12(17)5-3-6-12/h7,17H,2-6,8H2,1H3,(H2,13,14,15,16). The molecule has 0 aromatic carbocycles. The molecule has 1 aromatic heterocycles. The minimum atomic E-state index is -0.687. The van der Waals surface area contributed by atoms with E-state index in [4.69, 9.17) is 0 Å². The van der Waals surface area contributed by atoms with Crippen LogP contribution in [0.5, 0.6) is 0 Å². The van der Waals surface area contributed by atoms with Crippen LogP contribution in [0.1, 0.15) is 38.3 Å². The van der Waals surface area contributed by atoms with Crippen LogP contribution < -0.4 is 10.6 Å². The highest BCUT2D eigenvalue weighted by Crippen LogP contribution is 2.30. The SMILES string of the molecule is CCCc1csc(NC(=O)NCC2(O)CCC2)n1. The molecular weight excluding hydrogens is 250 g/mol. The number of carbonyl (C=O) groups excluding carboxylic acids is 1. The first-order chi connectivity index (χ1) is 8.61. The second kappa shape index (κ2) is 5.67. The summed E-state index contributed by atoms with van der Waals surface area (Å²) in [5, 5.41) is 17.8. The van der Waals surface area contributed by atoms with E-state index in [0.717, 1.165) is 37.8 Å². The van der Waals surface area contributed by atoms with Crippen LogP contribution in [0, 0.1) is 0 Å². The van der Waals surface area contributed by atoms with E-state index in [9.17, 15) is 9.90 Å². The molecule has 100 valence electrons. The zero-order valence-corrected chi connectivity index (χ0v) is 11.3. The number of carbonyl (C=O) groups is 1. The zero-order valence-electron chi connectivity index (χ0n) is 10.5. The maximum absolute atomic E-state index is 11.6. The Labute approximate surface area is 111 Å². The summed E-state index contributed by atoms with van der Waals surface area (Å²) in [7, 11) is 0. The van der Waals surface area contributed by atoms with Crippen molar-refractivity contribution < 1.29 is 9.90 Å².